The van der Waals surface area contributed by atoms with Crippen LogP contribution in [0.4, 0.5) is 9.18 Å². The Hall–Kier alpha value is -3.71. The Balaban J connectivity index is 1.55. The molecule has 0 radical (unpaired) electrons. The number of carbonyl (C=O) groups excluding carboxylic acids is 2. The van der Waals surface area contributed by atoms with Gasteiger partial charge in [-0.2, -0.15) is 0 Å². The molecule has 0 N–H and O–H groups in total. The molecule has 0 aliphatic heterocycles. The van der Waals surface area contributed by atoms with Crippen LogP contribution in [-0.2, 0) is 11.3 Å². The van der Waals surface area contributed by atoms with E-state index < -0.39 is 17.5 Å². The van der Waals surface area contributed by atoms with Crippen molar-refractivity contribution >= 4 is 34.4 Å². The second-order valence-electron chi connectivity index (χ2n) is 9.19. The molecule has 0 aliphatic carbocycles. The number of halogens is 2. The van der Waals surface area contributed by atoms with Crippen molar-refractivity contribution in [1.82, 2.24) is 9.88 Å². The van der Waals surface area contributed by atoms with Gasteiger partial charge in [0.15, 0.2) is 11.4 Å². The van der Waals surface area contributed by atoms with E-state index in [2.05, 4.69) is 4.98 Å². The van der Waals surface area contributed by atoms with Crippen molar-refractivity contribution in [3.05, 3.63) is 88.5 Å². The minimum atomic E-state index is -0.594. The van der Waals surface area contributed by atoms with E-state index in [0.717, 1.165) is 10.9 Å². The maximum absolute atomic E-state index is 13.1. The third-order valence-electron chi connectivity index (χ3n) is 5.15. The first-order valence-corrected chi connectivity index (χ1v) is 11.3. The maximum Gasteiger partial charge on any atom is 0.410 e. The van der Waals surface area contributed by atoms with Gasteiger partial charge < -0.3 is 14.1 Å². The summed E-state index contributed by atoms with van der Waals surface area (Å²) in [5, 5.41) is 1.16. The van der Waals surface area contributed by atoms with Crippen LogP contribution in [0.1, 0.15) is 42.5 Å². The third kappa shape index (κ3) is 5.69. The van der Waals surface area contributed by atoms with Gasteiger partial charge in [0.05, 0.1) is 17.3 Å². The molecule has 0 saturated heterocycles. The zero-order valence-electron chi connectivity index (χ0n) is 19.8. The molecule has 2 aromatic carbocycles. The largest absolute Gasteiger partial charge is 0.458 e. The third-order valence-corrected chi connectivity index (χ3v) is 5.43. The van der Waals surface area contributed by atoms with Gasteiger partial charge in [0.1, 0.15) is 17.2 Å². The highest BCUT2D eigenvalue weighted by atomic mass is 35.5. The molecule has 2 heterocycles. The van der Waals surface area contributed by atoms with E-state index in [-0.39, 0.29) is 12.3 Å². The molecular formula is C27H24ClFN2O4. The molecule has 0 bridgehead atoms. The first-order chi connectivity index (χ1) is 16.5. The van der Waals surface area contributed by atoms with Crippen LogP contribution in [0.15, 0.2) is 65.2 Å². The summed E-state index contributed by atoms with van der Waals surface area (Å²) >= 11 is 6.47. The zero-order valence-corrected chi connectivity index (χ0v) is 20.5. The predicted octanol–water partition coefficient (Wildman–Crippen LogP) is 6.89. The molecule has 35 heavy (non-hydrogen) atoms. The standard InChI is InChI=1S/C27H24ClFN2O4/c1-27(2,3)35-26(33)31(4)15-21-12-19-11-18(13-22(28)25(19)34-21)23-10-7-17(14-30-23)24(32)16-5-8-20(29)9-6-16/h5-14H,15H2,1-4H3. The summed E-state index contributed by atoms with van der Waals surface area (Å²) in [7, 11) is 1.63. The number of furan rings is 1. The number of carbonyl (C=O) groups is 2. The number of hydrogen-bond donors (Lipinski definition) is 0. The fraction of sp³-hybridized carbons (Fsp3) is 0.222. The normalized spacial score (nSPS) is 11.5. The molecule has 0 fully saturated rings. The van der Waals surface area contributed by atoms with Crippen molar-refractivity contribution in [2.75, 3.05) is 7.05 Å². The number of ketones is 1. The van der Waals surface area contributed by atoms with Gasteiger partial charge in [0, 0.05) is 35.3 Å². The predicted molar refractivity (Wildman–Crippen MR) is 132 cm³/mol. The van der Waals surface area contributed by atoms with Crippen LogP contribution < -0.4 is 0 Å². The molecular weight excluding hydrogens is 471 g/mol. The van der Waals surface area contributed by atoms with Gasteiger partial charge in [0.25, 0.3) is 0 Å². The number of amides is 1. The van der Waals surface area contributed by atoms with Crippen molar-refractivity contribution < 1.29 is 23.1 Å². The van der Waals surface area contributed by atoms with Crippen molar-refractivity contribution in [3.8, 4) is 11.3 Å². The highest BCUT2D eigenvalue weighted by Gasteiger charge is 2.21. The van der Waals surface area contributed by atoms with E-state index in [4.69, 9.17) is 20.8 Å². The summed E-state index contributed by atoms with van der Waals surface area (Å²) in [6.07, 6.45) is 1.03. The summed E-state index contributed by atoms with van der Waals surface area (Å²) in [5.41, 5.74) is 2.06. The summed E-state index contributed by atoms with van der Waals surface area (Å²) in [6, 6.07) is 14.2. The van der Waals surface area contributed by atoms with Gasteiger partial charge >= 0.3 is 6.09 Å². The van der Waals surface area contributed by atoms with Crippen molar-refractivity contribution in [1.29, 1.82) is 0 Å². The van der Waals surface area contributed by atoms with Gasteiger partial charge in [-0.25, -0.2) is 9.18 Å². The molecule has 0 atom stereocenters. The highest BCUT2D eigenvalue weighted by Crippen LogP contribution is 2.33. The molecule has 0 saturated carbocycles. The number of hydrogen-bond acceptors (Lipinski definition) is 5. The molecule has 0 spiro atoms. The Kier molecular flexibility index (Phi) is 6.63. The average Bonchev–Trinajstić information content (AvgIpc) is 3.21. The second-order valence-corrected chi connectivity index (χ2v) is 9.60. The van der Waals surface area contributed by atoms with Gasteiger partial charge in [-0.3, -0.25) is 9.78 Å². The lowest BCUT2D eigenvalue weighted by molar-refractivity contribution is 0.0275. The fourth-order valence-corrected chi connectivity index (χ4v) is 3.76. The summed E-state index contributed by atoms with van der Waals surface area (Å²) in [4.78, 5) is 30.7. The Morgan fingerprint density at radius 3 is 2.37 bits per heavy atom. The van der Waals surface area contributed by atoms with Gasteiger partial charge in [-0.05, 0) is 75.4 Å². The number of pyridine rings is 1. The van der Waals surface area contributed by atoms with Crippen molar-refractivity contribution in [2.45, 2.75) is 32.9 Å². The Labute approximate surface area is 207 Å². The van der Waals surface area contributed by atoms with Crippen LogP contribution in [0, 0.1) is 5.82 Å². The number of benzene rings is 2. The van der Waals surface area contributed by atoms with Crippen molar-refractivity contribution in [3.63, 3.8) is 0 Å². The molecule has 4 aromatic rings. The van der Waals surface area contributed by atoms with Gasteiger partial charge in [-0.1, -0.05) is 11.6 Å². The lowest BCUT2D eigenvalue weighted by atomic mass is 10.0. The van der Waals surface area contributed by atoms with Crippen LogP contribution in [0.3, 0.4) is 0 Å². The maximum atomic E-state index is 13.1. The lowest BCUT2D eigenvalue weighted by Crippen LogP contribution is -2.33. The van der Waals surface area contributed by atoms with Crippen molar-refractivity contribution in [2.24, 2.45) is 0 Å². The van der Waals surface area contributed by atoms with E-state index in [1.54, 1.807) is 46.0 Å². The molecule has 8 heteroatoms. The van der Waals surface area contributed by atoms with Crippen LogP contribution in [0.25, 0.3) is 22.2 Å². The molecule has 6 nitrogen and oxygen atoms in total. The lowest BCUT2D eigenvalue weighted by Gasteiger charge is -2.24. The molecule has 180 valence electrons. The minimum absolute atomic E-state index is 0.216. The Morgan fingerprint density at radius 1 is 1.06 bits per heavy atom. The van der Waals surface area contributed by atoms with E-state index in [1.807, 2.05) is 12.1 Å². The quantitative estimate of drug-likeness (QED) is 0.282. The SMILES string of the molecule is CN(Cc1cc2cc(-c3ccc(C(=O)c4ccc(F)cc4)cn3)cc(Cl)c2o1)C(=O)OC(C)(C)C. The van der Waals surface area contributed by atoms with E-state index in [9.17, 15) is 14.0 Å². The Bertz CT molecular complexity index is 1390. The highest BCUT2D eigenvalue weighted by molar-refractivity contribution is 6.35. The van der Waals surface area contributed by atoms with E-state index >= 15 is 0 Å². The zero-order chi connectivity index (χ0) is 25.3. The molecule has 2 aromatic heterocycles. The van der Waals surface area contributed by atoms with Crippen LogP contribution >= 0.6 is 11.6 Å². The molecule has 1 amide bonds. The van der Waals surface area contributed by atoms with Crippen LogP contribution in [0.5, 0.6) is 0 Å². The van der Waals surface area contributed by atoms with Gasteiger partial charge in [0.2, 0.25) is 0 Å². The minimum Gasteiger partial charge on any atom is -0.458 e. The first kappa shape index (κ1) is 24.4. The fourth-order valence-electron chi connectivity index (χ4n) is 3.49. The van der Waals surface area contributed by atoms with E-state index in [1.165, 1.54) is 35.4 Å². The second kappa shape index (κ2) is 9.50. The number of ether oxygens (including phenoxy) is 1. The smallest absolute Gasteiger partial charge is 0.410 e. The summed E-state index contributed by atoms with van der Waals surface area (Å²) in [6.45, 7) is 5.63. The number of fused-ring (bicyclic) bond motifs is 1. The molecule has 0 aliphatic rings. The number of aromatic nitrogens is 1. The van der Waals surface area contributed by atoms with Crippen LogP contribution in [0.2, 0.25) is 5.02 Å². The van der Waals surface area contributed by atoms with E-state index in [0.29, 0.717) is 33.2 Å². The molecule has 4 rings (SSSR count). The number of nitrogens with zero attached hydrogens (tertiary/aromatic N) is 2. The monoisotopic (exact) mass is 494 g/mol. The molecule has 0 unspecified atom stereocenters. The number of rotatable bonds is 5. The summed E-state index contributed by atoms with van der Waals surface area (Å²) in [5.74, 6) is -0.0899. The Morgan fingerprint density at radius 2 is 1.74 bits per heavy atom. The van der Waals surface area contributed by atoms with Gasteiger partial charge in [-0.15, -0.1) is 0 Å². The average molecular weight is 495 g/mol. The van der Waals surface area contributed by atoms with Crippen LogP contribution in [-0.4, -0.2) is 34.4 Å². The summed E-state index contributed by atoms with van der Waals surface area (Å²) < 4.78 is 24.4. The topological polar surface area (TPSA) is 72.6 Å². The first-order valence-electron chi connectivity index (χ1n) is 10.9.